The van der Waals surface area contributed by atoms with E-state index in [-0.39, 0.29) is 12.5 Å². The quantitative estimate of drug-likeness (QED) is 0.613. The molecule has 4 heteroatoms. The van der Waals surface area contributed by atoms with Gasteiger partial charge in [-0.25, -0.2) is 0 Å². The Balaban J connectivity index is 2.08. The summed E-state index contributed by atoms with van der Waals surface area (Å²) in [7, 11) is 0. The molecule has 4 nitrogen and oxygen atoms in total. The fourth-order valence-corrected chi connectivity index (χ4v) is 2.49. The molecule has 1 unspecified atom stereocenters. The van der Waals surface area contributed by atoms with Gasteiger partial charge in [0.15, 0.2) is 0 Å². The van der Waals surface area contributed by atoms with Crippen LogP contribution in [0, 0.1) is 11.8 Å². The summed E-state index contributed by atoms with van der Waals surface area (Å²) < 4.78 is 0. The Hall–Kier alpha value is -0.610. The maximum Gasteiger partial charge on any atom is 0.220 e. The zero-order valence-corrected chi connectivity index (χ0v) is 11.6. The second-order valence-corrected chi connectivity index (χ2v) is 5.32. The van der Waals surface area contributed by atoms with Crippen LogP contribution in [-0.4, -0.2) is 37.3 Å². The molecule has 0 radical (unpaired) electrons. The zero-order chi connectivity index (χ0) is 13.2. The van der Waals surface area contributed by atoms with Crippen LogP contribution in [0.3, 0.4) is 0 Å². The van der Waals surface area contributed by atoms with E-state index in [1.165, 1.54) is 12.8 Å². The van der Waals surface area contributed by atoms with Crippen LogP contribution >= 0.6 is 0 Å². The molecule has 1 amide bonds. The van der Waals surface area contributed by atoms with Gasteiger partial charge < -0.3 is 15.7 Å². The second-order valence-electron chi connectivity index (χ2n) is 5.32. The molecule has 1 aliphatic heterocycles. The van der Waals surface area contributed by atoms with Crippen LogP contribution < -0.4 is 10.6 Å². The van der Waals surface area contributed by atoms with Crippen LogP contribution in [-0.2, 0) is 4.79 Å². The van der Waals surface area contributed by atoms with Crippen molar-refractivity contribution in [3.05, 3.63) is 0 Å². The maximum absolute atomic E-state index is 11.7. The lowest BCUT2D eigenvalue weighted by atomic mass is 9.93. The van der Waals surface area contributed by atoms with E-state index in [0.717, 1.165) is 38.3 Å². The number of hydrogen-bond donors (Lipinski definition) is 3. The molecule has 106 valence electrons. The number of hydrogen-bond acceptors (Lipinski definition) is 3. The van der Waals surface area contributed by atoms with E-state index in [1.807, 2.05) is 0 Å². The molecular formula is C14H28N2O2. The first kappa shape index (κ1) is 15.4. The van der Waals surface area contributed by atoms with Crippen LogP contribution in [0.4, 0.5) is 0 Å². The predicted octanol–water partition coefficient (Wildman–Crippen LogP) is 1.29. The van der Waals surface area contributed by atoms with Gasteiger partial charge in [0.1, 0.15) is 0 Å². The largest absolute Gasteiger partial charge is 0.396 e. The standard InChI is InChI=1S/C14H28N2O2/c1-2-12(7-10-17)11-16-14(18)4-3-13-5-8-15-9-6-13/h12-13,15,17H,2-11H2,1H3,(H,16,18). The van der Waals surface area contributed by atoms with Crippen LogP contribution in [0.25, 0.3) is 0 Å². The van der Waals surface area contributed by atoms with E-state index < -0.39 is 0 Å². The number of carbonyl (C=O) groups excluding carboxylic acids is 1. The van der Waals surface area contributed by atoms with Gasteiger partial charge in [0.2, 0.25) is 5.91 Å². The minimum atomic E-state index is 0.171. The lowest BCUT2D eigenvalue weighted by Crippen LogP contribution is -2.31. The summed E-state index contributed by atoms with van der Waals surface area (Å²) >= 11 is 0. The first-order chi connectivity index (χ1) is 8.76. The van der Waals surface area contributed by atoms with Crippen molar-refractivity contribution in [1.82, 2.24) is 10.6 Å². The summed E-state index contributed by atoms with van der Waals surface area (Å²) in [5.74, 6) is 1.30. The number of aliphatic hydroxyl groups is 1. The first-order valence-corrected chi connectivity index (χ1v) is 7.34. The van der Waals surface area contributed by atoms with Gasteiger partial charge in [-0.15, -0.1) is 0 Å². The number of carbonyl (C=O) groups is 1. The van der Waals surface area contributed by atoms with E-state index in [4.69, 9.17) is 5.11 Å². The molecule has 18 heavy (non-hydrogen) atoms. The van der Waals surface area contributed by atoms with E-state index in [2.05, 4.69) is 17.6 Å². The number of nitrogens with one attached hydrogen (secondary N) is 2. The summed E-state index contributed by atoms with van der Waals surface area (Å²) in [6.45, 7) is 5.22. The van der Waals surface area contributed by atoms with E-state index in [9.17, 15) is 4.79 Å². The number of piperidine rings is 1. The van der Waals surface area contributed by atoms with E-state index in [1.54, 1.807) is 0 Å². The zero-order valence-electron chi connectivity index (χ0n) is 11.6. The molecule has 0 aromatic heterocycles. The Bertz CT molecular complexity index is 217. The maximum atomic E-state index is 11.7. The Morgan fingerprint density at radius 2 is 2.17 bits per heavy atom. The lowest BCUT2D eigenvalue weighted by Gasteiger charge is -2.22. The van der Waals surface area contributed by atoms with Gasteiger partial charge >= 0.3 is 0 Å². The molecule has 0 aromatic rings. The van der Waals surface area contributed by atoms with Gasteiger partial charge in [0, 0.05) is 19.6 Å². The topological polar surface area (TPSA) is 61.4 Å². The van der Waals surface area contributed by atoms with Crippen molar-refractivity contribution in [3.63, 3.8) is 0 Å². The molecule has 0 aromatic carbocycles. The van der Waals surface area contributed by atoms with Crippen LogP contribution in [0.2, 0.25) is 0 Å². The number of amides is 1. The molecule has 1 heterocycles. The molecule has 1 saturated heterocycles. The molecule has 1 fully saturated rings. The SMILES string of the molecule is CCC(CCO)CNC(=O)CCC1CCNCC1. The molecule has 1 rings (SSSR count). The second kappa shape index (κ2) is 9.34. The Kier molecular flexibility index (Phi) is 8.01. The number of aliphatic hydroxyl groups excluding tert-OH is 1. The summed E-state index contributed by atoms with van der Waals surface area (Å²) in [5, 5.41) is 15.2. The molecule has 0 aliphatic carbocycles. The monoisotopic (exact) mass is 256 g/mol. The van der Waals surface area contributed by atoms with Gasteiger partial charge in [-0.05, 0) is 50.6 Å². The smallest absolute Gasteiger partial charge is 0.220 e. The minimum Gasteiger partial charge on any atom is -0.396 e. The van der Waals surface area contributed by atoms with Gasteiger partial charge in [-0.1, -0.05) is 13.3 Å². The highest BCUT2D eigenvalue weighted by molar-refractivity contribution is 5.75. The lowest BCUT2D eigenvalue weighted by molar-refractivity contribution is -0.121. The van der Waals surface area contributed by atoms with E-state index in [0.29, 0.717) is 18.9 Å². The van der Waals surface area contributed by atoms with Gasteiger partial charge in [-0.2, -0.15) is 0 Å². The Morgan fingerprint density at radius 1 is 1.44 bits per heavy atom. The molecule has 1 atom stereocenters. The Labute approximate surface area is 111 Å². The van der Waals surface area contributed by atoms with Gasteiger partial charge in [0.25, 0.3) is 0 Å². The fourth-order valence-electron chi connectivity index (χ4n) is 2.49. The van der Waals surface area contributed by atoms with Crippen LogP contribution in [0.1, 0.15) is 45.4 Å². The van der Waals surface area contributed by atoms with Crippen LogP contribution in [0.15, 0.2) is 0 Å². The summed E-state index contributed by atoms with van der Waals surface area (Å²) in [6.07, 6.45) is 5.87. The van der Waals surface area contributed by atoms with Crippen molar-refractivity contribution in [1.29, 1.82) is 0 Å². The Morgan fingerprint density at radius 3 is 2.78 bits per heavy atom. The van der Waals surface area contributed by atoms with Crippen molar-refractivity contribution in [3.8, 4) is 0 Å². The molecule has 1 aliphatic rings. The highest BCUT2D eigenvalue weighted by atomic mass is 16.3. The molecule has 0 saturated carbocycles. The van der Waals surface area contributed by atoms with Crippen molar-refractivity contribution in [2.24, 2.45) is 11.8 Å². The fraction of sp³-hybridized carbons (Fsp3) is 0.929. The molecule has 3 N–H and O–H groups in total. The molecular weight excluding hydrogens is 228 g/mol. The van der Waals surface area contributed by atoms with Gasteiger partial charge in [-0.3, -0.25) is 4.79 Å². The average Bonchev–Trinajstić information content (AvgIpc) is 2.42. The minimum absolute atomic E-state index is 0.171. The molecule has 0 bridgehead atoms. The van der Waals surface area contributed by atoms with Crippen molar-refractivity contribution < 1.29 is 9.90 Å². The van der Waals surface area contributed by atoms with E-state index >= 15 is 0 Å². The highest BCUT2D eigenvalue weighted by Crippen LogP contribution is 2.17. The third-order valence-electron chi connectivity index (χ3n) is 3.94. The summed E-state index contributed by atoms with van der Waals surface area (Å²) in [5.41, 5.74) is 0. The third-order valence-corrected chi connectivity index (χ3v) is 3.94. The average molecular weight is 256 g/mol. The third kappa shape index (κ3) is 6.36. The van der Waals surface area contributed by atoms with Crippen molar-refractivity contribution >= 4 is 5.91 Å². The van der Waals surface area contributed by atoms with Crippen LogP contribution in [0.5, 0.6) is 0 Å². The van der Waals surface area contributed by atoms with Gasteiger partial charge in [0.05, 0.1) is 0 Å². The summed E-state index contributed by atoms with van der Waals surface area (Å²) in [4.78, 5) is 11.7. The van der Waals surface area contributed by atoms with Crippen molar-refractivity contribution in [2.45, 2.75) is 45.4 Å². The highest BCUT2D eigenvalue weighted by Gasteiger charge is 2.15. The van der Waals surface area contributed by atoms with Crippen molar-refractivity contribution in [2.75, 3.05) is 26.2 Å². The first-order valence-electron chi connectivity index (χ1n) is 7.34. The number of rotatable bonds is 8. The normalized spacial score (nSPS) is 18.6. The molecule has 0 spiro atoms. The predicted molar refractivity (Wildman–Crippen MR) is 73.3 cm³/mol. The summed E-state index contributed by atoms with van der Waals surface area (Å²) in [6, 6.07) is 0.